The summed E-state index contributed by atoms with van der Waals surface area (Å²) >= 11 is 0. The molecule has 1 unspecified atom stereocenters. The van der Waals surface area contributed by atoms with E-state index in [4.69, 9.17) is 9.47 Å². The van der Waals surface area contributed by atoms with Crippen LogP contribution in [0.5, 0.6) is 17.2 Å². The molecule has 250 valence electrons. The van der Waals surface area contributed by atoms with Gasteiger partial charge in [0.25, 0.3) is 0 Å². The van der Waals surface area contributed by atoms with Crippen molar-refractivity contribution in [3.05, 3.63) is 96.3 Å². The Morgan fingerprint density at radius 1 is 0.822 bits per heavy atom. The Hall–Kier alpha value is -2.62. The topological polar surface area (TPSA) is 38.7 Å². The SMILES string of the molecule is C1=C\CCC[CH-]CC/1.COc1cc(C)cc(C)c1[PH+](c1cccc(C(C)(C)C)c1O)c1c(C)cc(C(F)(F)F)cc1OC.[CH3+].[Ni]. The maximum absolute atomic E-state index is 13.6. The molecule has 0 aliphatic heterocycles. The number of hydrogen-bond acceptors (Lipinski definition) is 3. The molecule has 0 saturated heterocycles. The summed E-state index contributed by atoms with van der Waals surface area (Å²) in [6.07, 6.45) is 9.00. The van der Waals surface area contributed by atoms with Crippen LogP contribution in [0, 0.1) is 34.6 Å². The number of aryl methyl sites for hydroxylation is 3. The van der Waals surface area contributed by atoms with Crippen molar-refractivity contribution in [3.63, 3.8) is 0 Å². The van der Waals surface area contributed by atoms with Gasteiger partial charge in [-0.15, -0.1) is 0 Å². The Labute approximate surface area is 280 Å². The monoisotopic (exact) mass is 687 g/mol. The number of benzene rings is 3. The Bertz CT molecular complexity index is 1420. The van der Waals surface area contributed by atoms with E-state index in [-0.39, 0.29) is 40.8 Å². The van der Waals surface area contributed by atoms with E-state index in [0.717, 1.165) is 34.1 Å². The normalized spacial score (nSPS) is 14.7. The summed E-state index contributed by atoms with van der Waals surface area (Å²) in [5, 5.41) is 13.7. The molecule has 0 bridgehead atoms. The Morgan fingerprint density at radius 2 is 1.40 bits per heavy atom. The molecule has 0 fully saturated rings. The summed E-state index contributed by atoms with van der Waals surface area (Å²) in [4.78, 5) is 0. The molecule has 1 N–H and O–H groups in total. The van der Waals surface area contributed by atoms with Crippen LogP contribution in [0.25, 0.3) is 0 Å². The molecule has 0 heterocycles. The van der Waals surface area contributed by atoms with Gasteiger partial charge >= 0.3 is 6.18 Å². The molecule has 1 aliphatic rings. The Kier molecular flexibility index (Phi) is 15.6. The number of phenolic OH excluding ortho intramolecular Hbond substituents is 1. The van der Waals surface area contributed by atoms with E-state index in [0.29, 0.717) is 21.9 Å². The van der Waals surface area contributed by atoms with Crippen molar-refractivity contribution >= 4 is 23.8 Å². The van der Waals surface area contributed by atoms with E-state index in [2.05, 4.69) is 18.6 Å². The summed E-state index contributed by atoms with van der Waals surface area (Å²) in [5.41, 5.74) is 2.07. The minimum Gasteiger partial charge on any atom is -0.504 e. The van der Waals surface area contributed by atoms with Crippen LogP contribution in [-0.2, 0) is 28.1 Å². The molecular formula is C37H49F3NiO3P+. The first-order valence-corrected chi connectivity index (χ1v) is 16.3. The van der Waals surface area contributed by atoms with Gasteiger partial charge in [0.15, 0.2) is 17.2 Å². The van der Waals surface area contributed by atoms with Crippen LogP contribution in [0.2, 0.25) is 0 Å². The summed E-state index contributed by atoms with van der Waals surface area (Å²) in [6, 6.07) is 11.8. The smallest absolute Gasteiger partial charge is 0.416 e. The van der Waals surface area contributed by atoms with Gasteiger partial charge in [0.1, 0.15) is 23.8 Å². The summed E-state index contributed by atoms with van der Waals surface area (Å²) < 4.78 is 52.2. The van der Waals surface area contributed by atoms with Crippen molar-refractivity contribution in [3.8, 4) is 17.2 Å². The number of para-hydroxylation sites is 1. The largest absolute Gasteiger partial charge is 0.504 e. The zero-order valence-corrected chi connectivity index (χ0v) is 30.0. The minimum absolute atomic E-state index is 0. The molecule has 0 saturated carbocycles. The number of aromatic hydroxyl groups is 1. The third-order valence-electron chi connectivity index (χ3n) is 7.61. The van der Waals surface area contributed by atoms with Crippen LogP contribution in [0.1, 0.15) is 80.7 Å². The number of phenols is 1. The van der Waals surface area contributed by atoms with Gasteiger partial charge in [-0.3, -0.25) is 0 Å². The first-order valence-electron chi connectivity index (χ1n) is 14.8. The molecule has 1 atom stereocenters. The summed E-state index contributed by atoms with van der Waals surface area (Å²) in [5.74, 6) is 0.935. The van der Waals surface area contributed by atoms with Crippen LogP contribution in [0.3, 0.4) is 0 Å². The molecule has 0 radical (unpaired) electrons. The van der Waals surface area contributed by atoms with Gasteiger partial charge in [-0.2, -0.15) is 26.0 Å². The van der Waals surface area contributed by atoms with Crippen molar-refractivity contribution in [2.45, 2.75) is 85.2 Å². The van der Waals surface area contributed by atoms with E-state index in [1.54, 1.807) is 14.0 Å². The molecular weight excluding hydrogens is 639 g/mol. The predicted molar refractivity (Wildman–Crippen MR) is 182 cm³/mol. The van der Waals surface area contributed by atoms with Gasteiger partial charge in [0.05, 0.1) is 19.8 Å². The molecule has 3 aromatic carbocycles. The van der Waals surface area contributed by atoms with Gasteiger partial charge in [-0.1, -0.05) is 64.0 Å². The number of hydrogen-bond donors (Lipinski definition) is 1. The van der Waals surface area contributed by atoms with Crippen molar-refractivity contribution in [2.24, 2.45) is 0 Å². The maximum Gasteiger partial charge on any atom is 0.416 e. The fourth-order valence-electron chi connectivity index (χ4n) is 5.53. The molecule has 8 heteroatoms. The second kappa shape index (κ2) is 17.3. The number of halogens is 3. The third-order valence-corrected chi connectivity index (χ3v) is 10.8. The number of ether oxygens (including phenoxy) is 2. The Balaban J connectivity index is 0.000000881. The van der Waals surface area contributed by atoms with Crippen molar-refractivity contribution < 1.29 is 44.2 Å². The number of methoxy groups -OCH3 is 2. The molecule has 1 aliphatic carbocycles. The standard InChI is InChI=1S/C28H32F3O3P.C8H13.CH3.Ni/c1-16-12-17(2)25(21(13-16)33-7)35(23-11-9-10-20(24(23)32)27(4,5)6)26-18(3)14-19(28(29,30)31)15-22(26)34-8;1-2-4-6-8-7-5-3-1;;/h9-15,32H,1-8H3;1-2,7H,3-6,8H2;1H3;/q;-1;+1;/p+1/b;2-1-;;. The molecule has 4 rings (SSSR count). The molecule has 3 nitrogen and oxygen atoms in total. The number of rotatable bonds is 5. The quantitative estimate of drug-likeness (QED) is 0.126. The maximum atomic E-state index is 13.6. The van der Waals surface area contributed by atoms with Crippen LogP contribution < -0.4 is 25.4 Å². The van der Waals surface area contributed by atoms with Crippen LogP contribution >= 0.6 is 7.92 Å². The van der Waals surface area contributed by atoms with E-state index in [1.807, 2.05) is 65.0 Å². The van der Waals surface area contributed by atoms with Gasteiger partial charge in [0.2, 0.25) is 0 Å². The predicted octanol–water partition coefficient (Wildman–Crippen LogP) is 9.30. The van der Waals surface area contributed by atoms with Gasteiger partial charge in [0, 0.05) is 29.5 Å². The number of alkyl halides is 3. The zero-order chi connectivity index (χ0) is 31.9. The van der Waals surface area contributed by atoms with Gasteiger partial charge in [-0.05, 0) is 73.6 Å². The zero-order valence-electron chi connectivity index (χ0n) is 28.0. The summed E-state index contributed by atoms with van der Waals surface area (Å²) in [7, 11) is 0.882. The first kappa shape index (κ1) is 40.4. The molecule has 45 heavy (non-hydrogen) atoms. The van der Waals surface area contributed by atoms with E-state index < -0.39 is 19.7 Å². The second-order valence-electron chi connectivity index (χ2n) is 12.1. The van der Waals surface area contributed by atoms with E-state index in [9.17, 15) is 18.3 Å². The van der Waals surface area contributed by atoms with Crippen LogP contribution in [0.4, 0.5) is 13.2 Å². The fourth-order valence-corrected chi connectivity index (χ4v) is 8.73. The van der Waals surface area contributed by atoms with Crippen LogP contribution in [-0.4, -0.2) is 19.3 Å². The van der Waals surface area contributed by atoms with Crippen LogP contribution in [0.15, 0.2) is 54.6 Å². The Morgan fingerprint density at radius 3 is 1.98 bits per heavy atom. The molecule has 0 aromatic heterocycles. The average Bonchev–Trinajstić information content (AvgIpc) is 2.89. The van der Waals surface area contributed by atoms with Crippen molar-refractivity contribution in [1.29, 1.82) is 0 Å². The fraction of sp³-hybridized carbons (Fsp3) is 0.405. The van der Waals surface area contributed by atoms with Crippen molar-refractivity contribution in [1.82, 2.24) is 0 Å². The average molecular weight is 688 g/mol. The second-order valence-corrected chi connectivity index (χ2v) is 14.4. The molecule has 3 aromatic rings. The third kappa shape index (κ3) is 10.2. The van der Waals surface area contributed by atoms with Gasteiger partial charge in [-0.25, -0.2) is 0 Å². The van der Waals surface area contributed by atoms with Crippen molar-refractivity contribution in [2.75, 3.05) is 14.2 Å². The first-order chi connectivity index (χ1) is 20.2. The minimum atomic E-state index is -4.50. The van der Waals surface area contributed by atoms with E-state index in [1.165, 1.54) is 39.2 Å². The van der Waals surface area contributed by atoms with E-state index >= 15 is 0 Å². The number of allylic oxidation sites excluding steroid dienone is 2. The van der Waals surface area contributed by atoms with Gasteiger partial charge < -0.3 is 21.0 Å². The molecule has 0 amide bonds. The molecule has 0 spiro atoms. The summed E-state index contributed by atoms with van der Waals surface area (Å²) in [6.45, 7) is 11.6.